The van der Waals surface area contributed by atoms with Crippen LogP contribution in [0.5, 0.6) is 0 Å². The highest BCUT2D eigenvalue weighted by Gasteiger charge is 2.58. The SMILES string of the molecule is O=S(=O)(c1cc(Br)cc(C(CF)C(CF)(CF)C(CF)(CF)CF)c1)C(F)(F)F. The molecule has 0 aliphatic rings. The van der Waals surface area contributed by atoms with Gasteiger partial charge in [-0.2, -0.15) is 13.2 Å². The number of rotatable bonds is 10. The second kappa shape index (κ2) is 9.44. The molecule has 1 rings (SSSR count). The first-order chi connectivity index (χ1) is 13.4. The Morgan fingerprint density at radius 1 is 0.828 bits per heavy atom. The molecule has 1 atom stereocenters. The van der Waals surface area contributed by atoms with Crippen LogP contribution in [0.2, 0.25) is 0 Å². The molecule has 168 valence electrons. The molecule has 0 amide bonds. The van der Waals surface area contributed by atoms with Gasteiger partial charge in [-0.25, -0.2) is 8.42 Å². The van der Waals surface area contributed by atoms with Crippen molar-refractivity contribution >= 4 is 25.8 Å². The zero-order valence-corrected chi connectivity index (χ0v) is 17.0. The minimum atomic E-state index is -5.94. The molecule has 0 bridgehead atoms. The van der Waals surface area contributed by atoms with E-state index in [1.165, 1.54) is 0 Å². The molecule has 0 aliphatic carbocycles. The van der Waals surface area contributed by atoms with Crippen LogP contribution in [-0.2, 0) is 9.84 Å². The van der Waals surface area contributed by atoms with Crippen LogP contribution >= 0.6 is 15.9 Å². The maximum atomic E-state index is 13.9. The molecule has 0 radical (unpaired) electrons. The maximum absolute atomic E-state index is 13.9. The second-order valence-corrected chi connectivity index (χ2v) is 9.34. The lowest BCUT2D eigenvalue weighted by Gasteiger charge is -2.47. The van der Waals surface area contributed by atoms with Gasteiger partial charge in [-0.15, -0.1) is 0 Å². The van der Waals surface area contributed by atoms with Gasteiger partial charge < -0.3 is 0 Å². The van der Waals surface area contributed by atoms with Crippen molar-refractivity contribution in [1.82, 2.24) is 0 Å². The number of alkyl halides is 9. The summed E-state index contributed by atoms with van der Waals surface area (Å²) in [5, 5.41) is 0. The van der Waals surface area contributed by atoms with Crippen molar-refractivity contribution in [3.8, 4) is 0 Å². The van der Waals surface area contributed by atoms with Gasteiger partial charge in [0.2, 0.25) is 0 Å². The number of halogens is 10. The van der Waals surface area contributed by atoms with Crippen LogP contribution in [0.1, 0.15) is 11.5 Å². The fraction of sp³-hybridized carbons (Fsp3) is 0.625. The van der Waals surface area contributed by atoms with Crippen molar-refractivity contribution < 1.29 is 47.9 Å². The third-order valence-electron chi connectivity index (χ3n) is 5.03. The molecule has 1 aromatic rings. The number of hydrogen-bond acceptors (Lipinski definition) is 2. The van der Waals surface area contributed by atoms with Crippen LogP contribution in [0.25, 0.3) is 0 Å². The van der Waals surface area contributed by atoms with E-state index in [9.17, 15) is 47.9 Å². The monoisotopic (exact) mass is 522 g/mol. The lowest BCUT2D eigenvalue weighted by molar-refractivity contribution is -0.0847. The first-order valence-electron chi connectivity index (χ1n) is 7.84. The van der Waals surface area contributed by atoms with Crippen molar-refractivity contribution in [2.45, 2.75) is 16.3 Å². The van der Waals surface area contributed by atoms with Gasteiger partial charge in [0.25, 0.3) is 9.84 Å². The van der Waals surface area contributed by atoms with Gasteiger partial charge in [-0.3, -0.25) is 26.3 Å². The number of sulfone groups is 1. The summed E-state index contributed by atoms with van der Waals surface area (Å²) in [6.45, 7) is -11.4. The predicted octanol–water partition coefficient (Wildman–Crippen LogP) is 5.62. The van der Waals surface area contributed by atoms with E-state index in [0.717, 1.165) is 6.07 Å². The lowest BCUT2D eigenvalue weighted by atomic mass is 9.58. The van der Waals surface area contributed by atoms with E-state index in [2.05, 4.69) is 15.9 Å². The molecule has 29 heavy (non-hydrogen) atoms. The summed E-state index contributed by atoms with van der Waals surface area (Å²) in [6, 6.07) is 1.66. The molecule has 0 fully saturated rings. The van der Waals surface area contributed by atoms with E-state index in [1.54, 1.807) is 0 Å². The van der Waals surface area contributed by atoms with Crippen LogP contribution in [0.4, 0.5) is 39.5 Å². The molecule has 0 aliphatic heterocycles. The Morgan fingerprint density at radius 2 is 1.31 bits per heavy atom. The standard InChI is InChI=1S/C16H16BrF9O2S/c17-11-1-10(2-12(3-11)29(27,28)16(24,25)26)13(4-18)15(8-22,9-23)14(5-19,6-20)7-21/h1-3,13H,4-9H2. The largest absolute Gasteiger partial charge is 0.501 e. The van der Waals surface area contributed by atoms with Crippen molar-refractivity contribution in [3.63, 3.8) is 0 Å². The van der Waals surface area contributed by atoms with Gasteiger partial charge in [-0.05, 0) is 23.8 Å². The van der Waals surface area contributed by atoms with E-state index in [1.807, 2.05) is 0 Å². The Balaban J connectivity index is 3.80. The van der Waals surface area contributed by atoms with Gasteiger partial charge in [0, 0.05) is 15.8 Å². The lowest BCUT2D eigenvalue weighted by Crippen LogP contribution is -2.54. The van der Waals surface area contributed by atoms with Gasteiger partial charge in [0.15, 0.2) is 0 Å². The van der Waals surface area contributed by atoms with Crippen molar-refractivity contribution in [2.75, 3.05) is 40.0 Å². The van der Waals surface area contributed by atoms with Gasteiger partial charge in [0.1, 0.15) is 20.0 Å². The highest BCUT2D eigenvalue weighted by atomic mass is 79.9. The second-order valence-electron chi connectivity index (χ2n) is 6.48. The smallest absolute Gasteiger partial charge is 0.250 e. The minimum absolute atomic E-state index is 0.303. The molecular formula is C16H16BrF9O2S. The molecule has 0 aromatic heterocycles. The zero-order chi connectivity index (χ0) is 22.7. The van der Waals surface area contributed by atoms with Crippen LogP contribution in [0, 0.1) is 10.8 Å². The normalized spacial score (nSPS) is 14.8. The summed E-state index contributed by atoms with van der Waals surface area (Å²) in [6.07, 6.45) is 0. The van der Waals surface area contributed by atoms with Gasteiger partial charge in [0.05, 0.1) is 30.3 Å². The molecule has 0 heterocycles. The predicted molar refractivity (Wildman–Crippen MR) is 90.8 cm³/mol. The van der Waals surface area contributed by atoms with Crippen LogP contribution < -0.4 is 0 Å². The van der Waals surface area contributed by atoms with Gasteiger partial charge in [-0.1, -0.05) is 15.9 Å². The quantitative estimate of drug-likeness (QED) is 0.374. The first kappa shape index (κ1) is 26.1. The van der Waals surface area contributed by atoms with Crippen molar-refractivity contribution in [3.05, 3.63) is 28.2 Å². The number of hydrogen-bond donors (Lipinski definition) is 0. The molecule has 13 heteroatoms. The first-order valence-corrected chi connectivity index (χ1v) is 10.1. The van der Waals surface area contributed by atoms with E-state index in [-0.39, 0.29) is 4.47 Å². The average molecular weight is 523 g/mol. The van der Waals surface area contributed by atoms with Crippen molar-refractivity contribution in [2.24, 2.45) is 10.8 Å². The maximum Gasteiger partial charge on any atom is 0.501 e. The fourth-order valence-corrected chi connectivity index (χ4v) is 4.51. The Hall–Kier alpha value is -0.980. The molecule has 0 spiro atoms. The summed E-state index contributed by atoms with van der Waals surface area (Å²) < 4.78 is 144. The molecular weight excluding hydrogens is 507 g/mol. The molecule has 1 aromatic carbocycles. The zero-order valence-electron chi connectivity index (χ0n) is 14.6. The molecule has 0 N–H and O–H groups in total. The summed E-state index contributed by atoms with van der Waals surface area (Å²) in [5.74, 6) is -2.18. The fourth-order valence-electron chi connectivity index (χ4n) is 3.01. The Labute approximate surface area is 169 Å². The van der Waals surface area contributed by atoms with E-state index in [4.69, 9.17) is 0 Å². The topological polar surface area (TPSA) is 34.1 Å². The van der Waals surface area contributed by atoms with Crippen LogP contribution in [-0.4, -0.2) is 54.0 Å². The third-order valence-corrected chi connectivity index (χ3v) is 6.96. The Bertz CT molecular complexity index is 782. The number of benzene rings is 1. The van der Waals surface area contributed by atoms with Crippen LogP contribution in [0.3, 0.4) is 0 Å². The summed E-state index contributed by atoms with van der Waals surface area (Å²) in [7, 11) is -5.94. The minimum Gasteiger partial charge on any atom is -0.250 e. The van der Waals surface area contributed by atoms with E-state index >= 15 is 0 Å². The Kier molecular flexibility index (Phi) is 8.48. The van der Waals surface area contributed by atoms with E-state index < -0.39 is 82.6 Å². The highest BCUT2D eigenvalue weighted by Crippen LogP contribution is 2.52. The van der Waals surface area contributed by atoms with Crippen molar-refractivity contribution in [1.29, 1.82) is 0 Å². The van der Waals surface area contributed by atoms with Crippen LogP contribution in [0.15, 0.2) is 27.6 Å². The third kappa shape index (κ3) is 4.40. The summed E-state index contributed by atoms with van der Waals surface area (Å²) in [5.41, 5.74) is -12.4. The Morgan fingerprint density at radius 3 is 1.66 bits per heavy atom. The highest BCUT2D eigenvalue weighted by molar-refractivity contribution is 9.10. The molecule has 0 saturated heterocycles. The molecule has 1 unspecified atom stereocenters. The van der Waals surface area contributed by atoms with E-state index in [0.29, 0.717) is 12.1 Å². The summed E-state index contributed by atoms with van der Waals surface area (Å²) >= 11 is 2.72. The molecule has 2 nitrogen and oxygen atoms in total. The van der Waals surface area contributed by atoms with Gasteiger partial charge >= 0.3 is 5.51 Å². The summed E-state index contributed by atoms with van der Waals surface area (Å²) in [4.78, 5) is -1.38. The average Bonchev–Trinajstić information content (AvgIpc) is 2.67. The molecule has 0 saturated carbocycles.